The lowest BCUT2D eigenvalue weighted by molar-refractivity contribution is -0.136. The van der Waals surface area contributed by atoms with Crippen molar-refractivity contribution in [3.8, 4) is 17.6 Å². The number of hydrogen-bond donors (Lipinski definition) is 3. The van der Waals surface area contributed by atoms with Crippen LogP contribution < -0.4 is 20.1 Å². The highest BCUT2D eigenvalue weighted by Crippen LogP contribution is 2.30. The fourth-order valence-corrected chi connectivity index (χ4v) is 1.98. The molecule has 1 aromatic rings. The van der Waals surface area contributed by atoms with Crippen LogP contribution in [0.3, 0.4) is 0 Å². The van der Waals surface area contributed by atoms with E-state index >= 15 is 0 Å². The first-order valence-electron chi connectivity index (χ1n) is 7.32. The molecule has 0 spiro atoms. The number of nitrogens with one attached hydrogen (secondary N) is 2. The maximum atomic E-state index is 11.7. The van der Waals surface area contributed by atoms with Gasteiger partial charge in [0.1, 0.15) is 24.4 Å². The number of amides is 1. The number of carbonyl (C=O) groups is 2. The highest BCUT2D eigenvalue weighted by molar-refractivity contribution is 5.97. The van der Waals surface area contributed by atoms with Crippen molar-refractivity contribution in [1.82, 2.24) is 10.6 Å². The van der Waals surface area contributed by atoms with Gasteiger partial charge in [0.25, 0.3) is 5.91 Å². The van der Waals surface area contributed by atoms with E-state index in [4.69, 9.17) is 19.8 Å². The second kappa shape index (κ2) is 8.43. The topological polar surface area (TPSA) is 121 Å². The fraction of sp³-hybridized carbons (Fsp3) is 0.312. The van der Waals surface area contributed by atoms with Crippen LogP contribution >= 0.6 is 0 Å². The summed E-state index contributed by atoms with van der Waals surface area (Å²) in [6.07, 6.45) is 0.816. The van der Waals surface area contributed by atoms with Crippen LogP contribution in [-0.2, 0) is 9.59 Å². The summed E-state index contributed by atoms with van der Waals surface area (Å²) in [6.45, 7) is 0.663. The van der Waals surface area contributed by atoms with Crippen LogP contribution in [0, 0.1) is 11.3 Å². The van der Waals surface area contributed by atoms with E-state index < -0.39 is 11.9 Å². The normalized spacial score (nSPS) is 16.0. The molecule has 24 heavy (non-hydrogen) atoms. The molecule has 1 heterocycles. The Bertz CT molecular complexity index is 681. The first-order chi connectivity index (χ1) is 11.6. The number of fused-ring (bicyclic) bond motifs is 1. The van der Waals surface area contributed by atoms with E-state index in [-0.39, 0.29) is 24.6 Å². The molecule has 0 saturated carbocycles. The third kappa shape index (κ3) is 4.91. The summed E-state index contributed by atoms with van der Waals surface area (Å²) in [6, 6.07) is 9.07. The van der Waals surface area contributed by atoms with Crippen molar-refractivity contribution < 1.29 is 24.2 Å². The van der Waals surface area contributed by atoms with Crippen molar-refractivity contribution in [2.24, 2.45) is 0 Å². The number of nitrogens with zero attached hydrogens (tertiary/aromatic N) is 1. The number of carboxylic acids is 1. The minimum atomic E-state index is -1.02. The van der Waals surface area contributed by atoms with Gasteiger partial charge in [-0.25, -0.2) is 0 Å². The summed E-state index contributed by atoms with van der Waals surface area (Å²) < 4.78 is 11.3. The monoisotopic (exact) mass is 331 g/mol. The van der Waals surface area contributed by atoms with E-state index in [2.05, 4.69) is 10.6 Å². The van der Waals surface area contributed by atoms with E-state index in [1.165, 1.54) is 6.20 Å². The maximum Gasteiger partial charge on any atom is 0.305 e. The molecular weight excluding hydrogens is 314 g/mol. The number of benzene rings is 1. The van der Waals surface area contributed by atoms with Crippen molar-refractivity contribution in [2.75, 3.05) is 19.7 Å². The molecule has 126 valence electrons. The van der Waals surface area contributed by atoms with Crippen LogP contribution in [0.1, 0.15) is 6.42 Å². The Balaban J connectivity index is 1.80. The minimum absolute atomic E-state index is 0.0381. The van der Waals surface area contributed by atoms with Crippen molar-refractivity contribution in [1.29, 1.82) is 5.26 Å². The van der Waals surface area contributed by atoms with Crippen LogP contribution in [-0.4, -0.2) is 42.8 Å². The van der Waals surface area contributed by atoms with E-state index in [1.54, 1.807) is 12.1 Å². The Labute approximate surface area is 138 Å². The molecule has 1 aliphatic rings. The number of carboxylic acid groups (broad SMARTS) is 1. The largest absolute Gasteiger partial charge is 0.486 e. The highest BCUT2D eigenvalue weighted by Gasteiger charge is 2.20. The summed E-state index contributed by atoms with van der Waals surface area (Å²) in [5.74, 6) is -0.325. The van der Waals surface area contributed by atoms with E-state index in [0.29, 0.717) is 24.7 Å². The molecule has 0 saturated heterocycles. The average molecular weight is 331 g/mol. The Morgan fingerprint density at radius 2 is 2.12 bits per heavy atom. The van der Waals surface area contributed by atoms with Gasteiger partial charge in [-0.15, -0.1) is 0 Å². The summed E-state index contributed by atoms with van der Waals surface area (Å²) >= 11 is 0. The first-order valence-corrected chi connectivity index (χ1v) is 7.32. The quantitative estimate of drug-likeness (QED) is 0.489. The lowest BCUT2D eigenvalue weighted by Gasteiger charge is -2.26. The van der Waals surface area contributed by atoms with Gasteiger partial charge in [-0.2, -0.15) is 5.26 Å². The smallest absolute Gasteiger partial charge is 0.305 e. The predicted molar refractivity (Wildman–Crippen MR) is 83.3 cm³/mol. The van der Waals surface area contributed by atoms with Crippen molar-refractivity contribution in [3.63, 3.8) is 0 Å². The lowest BCUT2D eigenvalue weighted by Crippen LogP contribution is -2.37. The third-order valence-electron chi connectivity index (χ3n) is 3.15. The van der Waals surface area contributed by atoms with E-state index in [0.717, 1.165) is 0 Å². The molecule has 1 aromatic carbocycles. The molecule has 1 unspecified atom stereocenters. The minimum Gasteiger partial charge on any atom is -0.486 e. The molecular formula is C16H17N3O5. The summed E-state index contributed by atoms with van der Waals surface area (Å²) in [7, 11) is 0. The van der Waals surface area contributed by atoms with Crippen LogP contribution in [0.25, 0.3) is 0 Å². The van der Waals surface area contributed by atoms with E-state index in [9.17, 15) is 9.59 Å². The Kier molecular flexibility index (Phi) is 6.02. The molecule has 0 fully saturated rings. The zero-order chi connectivity index (χ0) is 17.4. The van der Waals surface area contributed by atoms with Crippen LogP contribution in [0.15, 0.2) is 36.0 Å². The third-order valence-corrected chi connectivity index (χ3v) is 3.15. The van der Waals surface area contributed by atoms with Crippen molar-refractivity contribution >= 4 is 11.9 Å². The second-order valence-electron chi connectivity index (χ2n) is 4.98. The van der Waals surface area contributed by atoms with Gasteiger partial charge in [0.2, 0.25) is 0 Å². The maximum absolute atomic E-state index is 11.7. The molecule has 2 rings (SSSR count). The summed E-state index contributed by atoms with van der Waals surface area (Å²) in [5, 5.41) is 22.7. The van der Waals surface area contributed by atoms with Gasteiger partial charge in [0.15, 0.2) is 11.5 Å². The number of carbonyl (C=O) groups excluding carboxylic acids is 1. The Hall–Kier alpha value is -3.21. The van der Waals surface area contributed by atoms with Gasteiger partial charge >= 0.3 is 5.97 Å². The van der Waals surface area contributed by atoms with Gasteiger partial charge < -0.3 is 25.2 Å². The zero-order valence-electron chi connectivity index (χ0n) is 12.8. The standard InChI is InChI=1S/C16H17N3O5/c17-7-11(16(22)19-6-5-15(20)21)8-18-9-12-10-23-13-3-1-2-4-14(13)24-12/h1-4,8,12,18H,5-6,9-10H2,(H,19,22)(H,20,21)/b11-8-. The number of aliphatic carboxylic acids is 1. The number of hydrogen-bond acceptors (Lipinski definition) is 6. The fourth-order valence-electron chi connectivity index (χ4n) is 1.98. The predicted octanol–water partition coefficient (Wildman–Crippen LogP) is 0.414. The van der Waals surface area contributed by atoms with E-state index in [1.807, 2.05) is 18.2 Å². The molecule has 8 nitrogen and oxygen atoms in total. The average Bonchev–Trinajstić information content (AvgIpc) is 2.58. The molecule has 8 heteroatoms. The number of para-hydroxylation sites is 2. The number of ether oxygens (including phenoxy) is 2. The van der Waals surface area contributed by atoms with Gasteiger partial charge in [-0.05, 0) is 12.1 Å². The Morgan fingerprint density at radius 3 is 2.83 bits per heavy atom. The van der Waals surface area contributed by atoms with Gasteiger partial charge in [0.05, 0.1) is 13.0 Å². The zero-order valence-corrected chi connectivity index (χ0v) is 12.8. The van der Waals surface area contributed by atoms with Crippen LogP contribution in [0.4, 0.5) is 0 Å². The second-order valence-corrected chi connectivity index (χ2v) is 4.98. The number of nitriles is 1. The SMILES string of the molecule is N#C/C(=C/NCC1COc2ccccc2O1)C(=O)NCCC(=O)O. The lowest BCUT2D eigenvalue weighted by atomic mass is 10.2. The number of rotatable bonds is 7. The summed E-state index contributed by atoms with van der Waals surface area (Å²) in [5.41, 5.74) is -0.141. The molecule has 1 amide bonds. The van der Waals surface area contributed by atoms with Gasteiger partial charge in [-0.3, -0.25) is 9.59 Å². The molecule has 3 N–H and O–H groups in total. The summed E-state index contributed by atoms with van der Waals surface area (Å²) in [4.78, 5) is 22.1. The molecule has 0 bridgehead atoms. The Morgan fingerprint density at radius 1 is 1.38 bits per heavy atom. The van der Waals surface area contributed by atoms with Gasteiger partial charge in [0, 0.05) is 12.7 Å². The van der Waals surface area contributed by atoms with Gasteiger partial charge in [-0.1, -0.05) is 12.1 Å². The van der Waals surface area contributed by atoms with Crippen molar-refractivity contribution in [3.05, 3.63) is 36.0 Å². The van der Waals surface area contributed by atoms with Crippen molar-refractivity contribution in [2.45, 2.75) is 12.5 Å². The molecule has 0 aromatic heterocycles. The van der Waals surface area contributed by atoms with Crippen LogP contribution in [0.5, 0.6) is 11.5 Å². The van der Waals surface area contributed by atoms with Crippen LogP contribution in [0.2, 0.25) is 0 Å². The molecule has 0 radical (unpaired) electrons. The molecule has 1 atom stereocenters. The molecule has 1 aliphatic heterocycles. The first kappa shape index (κ1) is 17.1. The highest BCUT2D eigenvalue weighted by atomic mass is 16.6. The molecule has 0 aliphatic carbocycles.